The Bertz CT molecular complexity index is 104. The van der Waals surface area contributed by atoms with Crippen LogP contribution in [0.4, 0.5) is 8.78 Å². The SMILES string of the molecule is CC1(CC(F)F)CNC1.Cl. The van der Waals surface area contributed by atoms with Crippen LogP contribution in [0, 0.1) is 5.41 Å². The zero-order chi connectivity index (χ0) is 6.91. The molecule has 0 bridgehead atoms. The van der Waals surface area contributed by atoms with Gasteiger partial charge in [-0.3, -0.25) is 0 Å². The molecule has 0 atom stereocenters. The highest BCUT2D eigenvalue weighted by Gasteiger charge is 2.34. The summed E-state index contributed by atoms with van der Waals surface area (Å²) in [6, 6.07) is 0. The van der Waals surface area contributed by atoms with E-state index in [9.17, 15) is 8.78 Å². The fourth-order valence-corrected chi connectivity index (χ4v) is 1.07. The summed E-state index contributed by atoms with van der Waals surface area (Å²) in [7, 11) is 0. The molecule has 0 aromatic heterocycles. The van der Waals surface area contributed by atoms with Crippen LogP contribution in [0.25, 0.3) is 0 Å². The zero-order valence-electron chi connectivity index (χ0n) is 5.86. The normalized spacial score (nSPS) is 21.6. The van der Waals surface area contributed by atoms with E-state index in [0.29, 0.717) is 0 Å². The van der Waals surface area contributed by atoms with Gasteiger partial charge in [0.05, 0.1) is 0 Å². The molecule has 1 saturated heterocycles. The van der Waals surface area contributed by atoms with Crippen LogP contribution in [0.1, 0.15) is 13.3 Å². The van der Waals surface area contributed by atoms with Gasteiger partial charge in [-0.15, -0.1) is 12.4 Å². The summed E-state index contributed by atoms with van der Waals surface area (Å²) in [6.07, 6.45) is -2.10. The molecule has 1 heterocycles. The standard InChI is InChI=1S/C6H11F2N.ClH/c1-6(2-5(7)8)3-9-4-6;/h5,9H,2-4H2,1H3;1H. The van der Waals surface area contributed by atoms with Crippen LogP contribution < -0.4 is 5.32 Å². The van der Waals surface area contributed by atoms with Gasteiger partial charge in [-0.05, 0) is 5.41 Å². The molecule has 0 spiro atoms. The predicted octanol–water partition coefficient (Wildman–Crippen LogP) is 1.67. The van der Waals surface area contributed by atoms with Gasteiger partial charge in [0.1, 0.15) is 0 Å². The molecular weight excluding hydrogens is 160 g/mol. The van der Waals surface area contributed by atoms with E-state index in [1.807, 2.05) is 6.92 Å². The number of alkyl halides is 2. The highest BCUT2D eigenvalue weighted by molar-refractivity contribution is 5.85. The van der Waals surface area contributed by atoms with Crippen molar-refractivity contribution in [2.75, 3.05) is 13.1 Å². The first-order valence-corrected chi connectivity index (χ1v) is 3.11. The van der Waals surface area contributed by atoms with Crippen molar-refractivity contribution in [2.45, 2.75) is 19.8 Å². The Labute approximate surface area is 65.6 Å². The Morgan fingerprint density at radius 2 is 2.00 bits per heavy atom. The lowest BCUT2D eigenvalue weighted by molar-refractivity contribution is 0.0512. The topological polar surface area (TPSA) is 12.0 Å². The van der Waals surface area contributed by atoms with Crippen LogP contribution in [0.2, 0.25) is 0 Å². The molecule has 1 nitrogen and oxygen atoms in total. The minimum Gasteiger partial charge on any atom is -0.316 e. The number of halogens is 3. The Balaban J connectivity index is 0.000000810. The summed E-state index contributed by atoms with van der Waals surface area (Å²) < 4.78 is 23.4. The molecule has 0 unspecified atom stereocenters. The van der Waals surface area contributed by atoms with Crippen molar-refractivity contribution in [2.24, 2.45) is 5.41 Å². The molecule has 0 radical (unpaired) electrons. The van der Waals surface area contributed by atoms with Crippen molar-refractivity contribution in [3.8, 4) is 0 Å². The molecule has 4 heteroatoms. The maximum Gasteiger partial charge on any atom is 0.239 e. The number of rotatable bonds is 2. The zero-order valence-corrected chi connectivity index (χ0v) is 6.68. The Hall–Kier alpha value is 0.110. The smallest absolute Gasteiger partial charge is 0.239 e. The molecule has 62 valence electrons. The average Bonchev–Trinajstić information content (AvgIpc) is 1.60. The highest BCUT2D eigenvalue weighted by Crippen LogP contribution is 2.28. The summed E-state index contributed by atoms with van der Waals surface area (Å²) in [6.45, 7) is 3.38. The maximum atomic E-state index is 11.7. The predicted molar refractivity (Wildman–Crippen MR) is 38.8 cm³/mol. The van der Waals surface area contributed by atoms with Gasteiger partial charge in [-0.2, -0.15) is 0 Å². The van der Waals surface area contributed by atoms with Crippen LogP contribution in [0.5, 0.6) is 0 Å². The van der Waals surface area contributed by atoms with Gasteiger partial charge < -0.3 is 5.32 Å². The van der Waals surface area contributed by atoms with Gasteiger partial charge >= 0.3 is 0 Å². The first-order chi connectivity index (χ1) is 4.12. The Morgan fingerprint density at radius 1 is 1.50 bits per heavy atom. The first kappa shape index (κ1) is 10.1. The van der Waals surface area contributed by atoms with Crippen molar-refractivity contribution in [1.29, 1.82) is 0 Å². The van der Waals surface area contributed by atoms with Crippen molar-refractivity contribution in [3.05, 3.63) is 0 Å². The molecule has 0 amide bonds. The number of nitrogens with one attached hydrogen (secondary N) is 1. The fourth-order valence-electron chi connectivity index (χ4n) is 1.07. The van der Waals surface area contributed by atoms with Gasteiger partial charge in [0.15, 0.2) is 0 Å². The monoisotopic (exact) mass is 171 g/mol. The van der Waals surface area contributed by atoms with Gasteiger partial charge in [0.2, 0.25) is 6.43 Å². The third kappa shape index (κ3) is 2.39. The highest BCUT2D eigenvalue weighted by atomic mass is 35.5. The second kappa shape index (κ2) is 3.49. The molecule has 0 saturated carbocycles. The lowest BCUT2D eigenvalue weighted by atomic mass is 9.81. The molecule has 0 aromatic carbocycles. The van der Waals surface area contributed by atoms with Crippen molar-refractivity contribution in [3.63, 3.8) is 0 Å². The van der Waals surface area contributed by atoms with E-state index >= 15 is 0 Å². The molecule has 1 aliphatic rings. The van der Waals surface area contributed by atoms with Gasteiger partial charge in [-0.1, -0.05) is 6.92 Å². The van der Waals surface area contributed by atoms with E-state index in [2.05, 4.69) is 5.32 Å². The second-order valence-corrected chi connectivity index (χ2v) is 3.01. The van der Waals surface area contributed by atoms with Crippen molar-refractivity contribution in [1.82, 2.24) is 5.32 Å². The third-order valence-electron chi connectivity index (χ3n) is 1.75. The largest absolute Gasteiger partial charge is 0.316 e. The summed E-state index contributed by atoms with van der Waals surface area (Å²) in [5.41, 5.74) is -0.117. The molecule has 0 aliphatic carbocycles. The first-order valence-electron chi connectivity index (χ1n) is 3.11. The van der Waals surface area contributed by atoms with Crippen LogP contribution >= 0.6 is 12.4 Å². The molecule has 0 aromatic rings. The van der Waals surface area contributed by atoms with Crippen LogP contribution in [-0.2, 0) is 0 Å². The quantitative estimate of drug-likeness (QED) is 0.667. The number of hydrogen-bond acceptors (Lipinski definition) is 1. The van der Waals surface area contributed by atoms with Crippen LogP contribution in [-0.4, -0.2) is 19.5 Å². The van der Waals surface area contributed by atoms with Crippen molar-refractivity contribution >= 4 is 12.4 Å². The summed E-state index contributed by atoms with van der Waals surface area (Å²) >= 11 is 0. The molecule has 10 heavy (non-hydrogen) atoms. The van der Waals surface area contributed by atoms with E-state index in [1.54, 1.807) is 0 Å². The molecule has 1 aliphatic heterocycles. The van der Waals surface area contributed by atoms with E-state index in [4.69, 9.17) is 0 Å². The number of hydrogen-bond donors (Lipinski definition) is 1. The lowest BCUT2D eigenvalue weighted by Crippen LogP contribution is -2.52. The lowest BCUT2D eigenvalue weighted by Gasteiger charge is -2.39. The van der Waals surface area contributed by atoms with E-state index in [1.165, 1.54) is 0 Å². The molecule has 1 rings (SSSR count). The fraction of sp³-hybridized carbons (Fsp3) is 1.00. The van der Waals surface area contributed by atoms with E-state index < -0.39 is 6.43 Å². The van der Waals surface area contributed by atoms with Crippen molar-refractivity contribution < 1.29 is 8.78 Å². The second-order valence-electron chi connectivity index (χ2n) is 3.01. The minimum atomic E-state index is -2.14. The summed E-state index contributed by atoms with van der Waals surface area (Å²) in [5, 5.41) is 2.97. The molecule has 1 N–H and O–H groups in total. The average molecular weight is 172 g/mol. The van der Waals surface area contributed by atoms with Gasteiger partial charge in [0.25, 0.3) is 0 Å². The summed E-state index contributed by atoms with van der Waals surface area (Å²) in [4.78, 5) is 0. The van der Waals surface area contributed by atoms with Gasteiger partial charge in [-0.25, -0.2) is 8.78 Å². The minimum absolute atomic E-state index is 0. The maximum absolute atomic E-state index is 11.7. The van der Waals surface area contributed by atoms with Crippen LogP contribution in [0.15, 0.2) is 0 Å². The summed E-state index contributed by atoms with van der Waals surface area (Å²) in [5.74, 6) is 0. The third-order valence-corrected chi connectivity index (χ3v) is 1.75. The van der Waals surface area contributed by atoms with E-state index in [0.717, 1.165) is 13.1 Å². The molecule has 1 fully saturated rings. The molecular formula is C6H12ClF2N. The van der Waals surface area contributed by atoms with Crippen LogP contribution in [0.3, 0.4) is 0 Å². The van der Waals surface area contributed by atoms with Gasteiger partial charge in [0, 0.05) is 19.5 Å². The van der Waals surface area contributed by atoms with E-state index in [-0.39, 0.29) is 24.2 Å². The Morgan fingerprint density at radius 3 is 2.10 bits per heavy atom. The Kier molecular flexibility index (Phi) is 3.52.